The maximum absolute atomic E-state index is 10.9. The van der Waals surface area contributed by atoms with Gasteiger partial charge in [0, 0.05) is 24.2 Å². The number of H-pyrrole nitrogens is 1. The summed E-state index contributed by atoms with van der Waals surface area (Å²) < 4.78 is 0. The van der Waals surface area contributed by atoms with Gasteiger partial charge in [-0.2, -0.15) is 5.10 Å². The molecule has 2 heterocycles. The third-order valence-corrected chi connectivity index (χ3v) is 5.33. The molecule has 0 bridgehead atoms. The number of carboxylic acids is 1. The molecule has 3 N–H and O–H groups in total. The number of aromatic nitrogens is 2. The van der Waals surface area contributed by atoms with Gasteiger partial charge in [-0.3, -0.25) is 14.8 Å². The standard InChI is InChI=1S/C16H22N4O2S/c1-2-20(10-15(21)22)13-6-12(7-13)17-8-11-9-18-19-16(11)14-4-3-5-23-14/h3-5,9,12-13,17H,2,6-8,10H2,1H3,(H,18,19)(H,21,22). The number of nitrogens with zero attached hydrogens (tertiary/aromatic N) is 2. The van der Waals surface area contributed by atoms with E-state index < -0.39 is 5.97 Å². The number of rotatable bonds is 8. The van der Waals surface area contributed by atoms with Gasteiger partial charge in [0.25, 0.3) is 0 Å². The molecule has 0 amide bonds. The van der Waals surface area contributed by atoms with Crippen molar-refractivity contribution in [3.8, 4) is 10.6 Å². The summed E-state index contributed by atoms with van der Waals surface area (Å²) in [6, 6.07) is 4.96. The Morgan fingerprint density at radius 1 is 1.57 bits per heavy atom. The summed E-state index contributed by atoms with van der Waals surface area (Å²) >= 11 is 1.70. The van der Waals surface area contributed by atoms with Crippen molar-refractivity contribution in [3.05, 3.63) is 29.3 Å². The first kappa shape index (κ1) is 16.2. The largest absolute Gasteiger partial charge is 0.480 e. The smallest absolute Gasteiger partial charge is 0.317 e. The maximum atomic E-state index is 10.9. The van der Waals surface area contributed by atoms with Crippen molar-refractivity contribution in [2.45, 2.75) is 38.4 Å². The van der Waals surface area contributed by atoms with Crippen molar-refractivity contribution in [1.29, 1.82) is 0 Å². The Hall–Kier alpha value is -1.70. The second kappa shape index (κ2) is 7.25. The lowest BCUT2D eigenvalue weighted by Crippen LogP contribution is -2.53. The van der Waals surface area contributed by atoms with Crippen molar-refractivity contribution in [1.82, 2.24) is 20.4 Å². The van der Waals surface area contributed by atoms with E-state index >= 15 is 0 Å². The molecule has 0 spiro atoms. The Bertz CT molecular complexity index is 634. The molecule has 1 aliphatic rings. The van der Waals surface area contributed by atoms with Crippen molar-refractivity contribution < 1.29 is 9.90 Å². The average Bonchev–Trinajstić information content (AvgIpc) is 3.14. The van der Waals surface area contributed by atoms with Crippen molar-refractivity contribution in [2.24, 2.45) is 0 Å². The van der Waals surface area contributed by atoms with Gasteiger partial charge in [-0.05, 0) is 30.8 Å². The lowest BCUT2D eigenvalue weighted by molar-refractivity contribution is -0.139. The Kier molecular flexibility index (Phi) is 5.09. The molecule has 2 aromatic rings. The van der Waals surface area contributed by atoms with Gasteiger partial charge >= 0.3 is 5.97 Å². The predicted molar refractivity (Wildman–Crippen MR) is 90.4 cm³/mol. The number of carbonyl (C=O) groups is 1. The van der Waals surface area contributed by atoms with Gasteiger partial charge < -0.3 is 10.4 Å². The lowest BCUT2D eigenvalue weighted by Gasteiger charge is -2.42. The normalized spacial score (nSPS) is 20.6. The highest BCUT2D eigenvalue weighted by Crippen LogP contribution is 2.28. The molecule has 23 heavy (non-hydrogen) atoms. The number of hydrogen-bond acceptors (Lipinski definition) is 5. The highest BCUT2D eigenvalue weighted by atomic mass is 32.1. The van der Waals surface area contributed by atoms with Gasteiger partial charge in [-0.1, -0.05) is 13.0 Å². The average molecular weight is 334 g/mol. The third kappa shape index (κ3) is 3.80. The Labute approximate surface area is 139 Å². The molecular formula is C16H22N4O2S. The number of likely N-dealkylation sites (N-methyl/N-ethyl adjacent to an activating group) is 1. The van der Waals surface area contributed by atoms with Crippen LogP contribution in [0.15, 0.2) is 23.7 Å². The SMILES string of the molecule is CCN(CC(=O)O)C1CC(NCc2cn[nH]c2-c2cccs2)C1. The third-order valence-electron chi connectivity index (χ3n) is 4.44. The molecular weight excluding hydrogens is 312 g/mol. The molecule has 2 aromatic heterocycles. The first-order valence-corrected chi connectivity index (χ1v) is 8.80. The van der Waals surface area contributed by atoms with Crippen molar-refractivity contribution in [3.63, 3.8) is 0 Å². The molecule has 0 unspecified atom stereocenters. The van der Waals surface area contributed by atoms with Crippen LogP contribution in [0.5, 0.6) is 0 Å². The van der Waals surface area contributed by atoms with E-state index in [-0.39, 0.29) is 6.54 Å². The molecule has 7 heteroatoms. The quantitative estimate of drug-likeness (QED) is 0.689. The van der Waals surface area contributed by atoms with E-state index in [2.05, 4.69) is 27.0 Å². The topological polar surface area (TPSA) is 81.2 Å². The second-order valence-corrected chi connectivity index (χ2v) is 6.86. The van der Waals surface area contributed by atoms with E-state index in [0.717, 1.165) is 31.6 Å². The number of aliphatic carboxylic acids is 1. The minimum absolute atomic E-state index is 0.137. The number of aromatic amines is 1. The van der Waals surface area contributed by atoms with Crippen LogP contribution in [0, 0.1) is 0 Å². The van der Waals surface area contributed by atoms with E-state index in [1.807, 2.05) is 24.1 Å². The minimum atomic E-state index is -0.748. The summed E-state index contributed by atoms with van der Waals surface area (Å²) in [4.78, 5) is 14.1. The van der Waals surface area contributed by atoms with Gasteiger partial charge in [0.15, 0.2) is 0 Å². The van der Waals surface area contributed by atoms with Crippen LogP contribution in [0.4, 0.5) is 0 Å². The Morgan fingerprint density at radius 2 is 2.39 bits per heavy atom. The first-order valence-electron chi connectivity index (χ1n) is 7.92. The molecule has 1 fully saturated rings. The summed E-state index contributed by atoms with van der Waals surface area (Å²) in [5.74, 6) is -0.748. The summed E-state index contributed by atoms with van der Waals surface area (Å²) in [5.41, 5.74) is 2.26. The van der Waals surface area contributed by atoms with Crippen LogP contribution in [-0.2, 0) is 11.3 Å². The second-order valence-electron chi connectivity index (χ2n) is 5.91. The van der Waals surface area contributed by atoms with Crippen LogP contribution in [-0.4, -0.2) is 51.3 Å². The monoisotopic (exact) mass is 334 g/mol. The first-order chi connectivity index (χ1) is 11.2. The van der Waals surface area contributed by atoms with Crippen LogP contribution in [0.25, 0.3) is 10.6 Å². The number of nitrogens with one attached hydrogen (secondary N) is 2. The van der Waals surface area contributed by atoms with E-state index in [1.165, 1.54) is 10.4 Å². The molecule has 1 saturated carbocycles. The zero-order chi connectivity index (χ0) is 16.2. The van der Waals surface area contributed by atoms with E-state index in [9.17, 15) is 4.79 Å². The fraction of sp³-hybridized carbons (Fsp3) is 0.500. The van der Waals surface area contributed by atoms with Crippen LogP contribution in [0.2, 0.25) is 0 Å². The summed E-state index contributed by atoms with van der Waals surface area (Å²) in [7, 11) is 0. The van der Waals surface area contributed by atoms with Crippen LogP contribution >= 0.6 is 11.3 Å². The van der Waals surface area contributed by atoms with Gasteiger partial charge in [-0.25, -0.2) is 0 Å². The predicted octanol–water partition coefficient (Wildman–Crippen LogP) is 2.17. The molecule has 0 atom stereocenters. The zero-order valence-corrected chi connectivity index (χ0v) is 14.0. The van der Waals surface area contributed by atoms with E-state index in [1.54, 1.807) is 11.3 Å². The fourth-order valence-electron chi connectivity index (χ4n) is 3.06. The fourth-order valence-corrected chi connectivity index (χ4v) is 3.81. The van der Waals surface area contributed by atoms with Crippen LogP contribution in [0.1, 0.15) is 25.3 Å². The molecule has 3 rings (SSSR count). The van der Waals surface area contributed by atoms with Gasteiger partial charge in [0.2, 0.25) is 0 Å². The van der Waals surface area contributed by atoms with Gasteiger partial charge in [0.1, 0.15) is 0 Å². The molecule has 0 radical (unpaired) electrons. The molecule has 0 saturated heterocycles. The molecule has 1 aliphatic carbocycles. The highest BCUT2D eigenvalue weighted by molar-refractivity contribution is 7.13. The lowest BCUT2D eigenvalue weighted by atomic mass is 9.85. The van der Waals surface area contributed by atoms with Gasteiger partial charge in [-0.15, -0.1) is 11.3 Å². The maximum Gasteiger partial charge on any atom is 0.317 e. The van der Waals surface area contributed by atoms with Crippen LogP contribution < -0.4 is 5.32 Å². The molecule has 0 aromatic carbocycles. The summed E-state index contributed by atoms with van der Waals surface area (Å²) in [6.45, 7) is 3.72. The van der Waals surface area contributed by atoms with Gasteiger partial charge in [0.05, 0.1) is 23.3 Å². The molecule has 0 aliphatic heterocycles. The van der Waals surface area contributed by atoms with Crippen LogP contribution in [0.3, 0.4) is 0 Å². The minimum Gasteiger partial charge on any atom is -0.480 e. The number of hydrogen-bond donors (Lipinski definition) is 3. The van der Waals surface area contributed by atoms with Crippen molar-refractivity contribution >= 4 is 17.3 Å². The number of thiophene rings is 1. The molecule has 124 valence electrons. The van der Waals surface area contributed by atoms with E-state index in [4.69, 9.17) is 5.11 Å². The Morgan fingerprint density at radius 3 is 3.04 bits per heavy atom. The highest BCUT2D eigenvalue weighted by Gasteiger charge is 2.33. The molecule has 6 nitrogen and oxygen atoms in total. The number of carboxylic acid groups (broad SMARTS) is 1. The van der Waals surface area contributed by atoms with E-state index in [0.29, 0.717) is 12.1 Å². The zero-order valence-electron chi connectivity index (χ0n) is 13.2. The summed E-state index contributed by atoms with van der Waals surface area (Å²) in [5, 5.41) is 21.8. The summed E-state index contributed by atoms with van der Waals surface area (Å²) in [6.07, 6.45) is 3.89. The Balaban J connectivity index is 1.48. The van der Waals surface area contributed by atoms with Crippen molar-refractivity contribution in [2.75, 3.05) is 13.1 Å².